The summed E-state index contributed by atoms with van der Waals surface area (Å²) in [6.07, 6.45) is 0. The molecule has 8 nitrogen and oxygen atoms in total. The van der Waals surface area contributed by atoms with E-state index in [9.17, 15) is 9.59 Å². The molecule has 8 heteroatoms. The number of nitrogens with two attached hydrogens (primary N) is 2. The fourth-order valence-corrected chi connectivity index (χ4v) is 1.40. The van der Waals surface area contributed by atoms with Crippen LogP contribution in [0.1, 0.15) is 17.3 Å². The highest BCUT2D eigenvalue weighted by atomic mass is 16.5. The maximum Gasteiger partial charge on any atom is 0.350 e. The van der Waals surface area contributed by atoms with Crippen molar-refractivity contribution in [3.8, 4) is 5.75 Å². The first-order chi connectivity index (χ1) is 9.04. The molecule has 0 aromatic heterocycles. The molecule has 104 valence electrons. The second kappa shape index (κ2) is 6.57. The topological polar surface area (TPSA) is 120 Å². The minimum atomic E-state index is -0.722. The van der Waals surface area contributed by atoms with Gasteiger partial charge in [-0.2, -0.15) is 0 Å². The van der Waals surface area contributed by atoms with Gasteiger partial charge in [-0.15, -0.1) is 0 Å². The highest BCUT2D eigenvalue weighted by Crippen LogP contribution is 2.24. The first kappa shape index (κ1) is 14.7. The molecule has 19 heavy (non-hydrogen) atoms. The Kier molecular flexibility index (Phi) is 5.10. The molecule has 1 rings (SSSR count). The van der Waals surface area contributed by atoms with E-state index < -0.39 is 12.0 Å². The van der Waals surface area contributed by atoms with Gasteiger partial charge in [0.25, 0.3) is 0 Å². The van der Waals surface area contributed by atoms with Crippen LogP contribution in [0.25, 0.3) is 0 Å². The minimum absolute atomic E-state index is 0.169. The number of rotatable bonds is 4. The molecule has 2 amide bonds. The molecule has 0 saturated carbocycles. The van der Waals surface area contributed by atoms with Crippen LogP contribution in [0.4, 0.5) is 10.5 Å². The number of benzene rings is 1. The molecule has 0 bridgehead atoms. The molecule has 0 spiro atoms. The lowest BCUT2D eigenvalue weighted by Gasteiger charge is -2.17. The fraction of sp³-hybridized carbons (Fsp3) is 0.273. The first-order valence-corrected chi connectivity index (χ1v) is 5.45. The number of urea groups is 1. The molecule has 0 aliphatic heterocycles. The summed E-state index contributed by atoms with van der Waals surface area (Å²) in [6.45, 7) is 1.91. The SMILES string of the molecule is CCOC(=O)c1cc(N(N)C(=O)NN)ccc1OC. The van der Waals surface area contributed by atoms with Gasteiger partial charge < -0.3 is 9.47 Å². The summed E-state index contributed by atoms with van der Waals surface area (Å²) in [5, 5.41) is 0.766. The van der Waals surface area contributed by atoms with E-state index in [-0.39, 0.29) is 17.9 Å². The van der Waals surface area contributed by atoms with Gasteiger partial charge in [-0.1, -0.05) is 0 Å². The van der Waals surface area contributed by atoms with Gasteiger partial charge in [0.05, 0.1) is 19.4 Å². The number of hydrogen-bond donors (Lipinski definition) is 3. The van der Waals surface area contributed by atoms with Crippen LogP contribution >= 0.6 is 0 Å². The van der Waals surface area contributed by atoms with Crippen molar-refractivity contribution in [3.63, 3.8) is 0 Å². The lowest BCUT2D eigenvalue weighted by molar-refractivity contribution is 0.0522. The van der Waals surface area contributed by atoms with E-state index in [1.165, 1.54) is 25.3 Å². The Morgan fingerprint density at radius 1 is 1.42 bits per heavy atom. The normalized spacial score (nSPS) is 9.68. The van der Waals surface area contributed by atoms with Gasteiger partial charge in [-0.3, -0.25) is 5.43 Å². The third-order valence-corrected chi connectivity index (χ3v) is 2.30. The smallest absolute Gasteiger partial charge is 0.350 e. The van der Waals surface area contributed by atoms with Crippen molar-refractivity contribution in [1.29, 1.82) is 0 Å². The number of ether oxygens (including phenoxy) is 2. The predicted molar refractivity (Wildman–Crippen MR) is 68.3 cm³/mol. The van der Waals surface area contributed by atoms with Crippen LogP contribution in [0.5, 0.6) is 5.75 Å². The van der Waals surface area contributed by atoms with Gasteiger partial charge in [0.1, 0.15) is 11.3 Å². The first-order valence-electron chi connectivity index (χ1n) is 5.45. The van der Waals surface area contributed by atoms with Crippen LogP contribution in [-0.2, 0) is 4.74 Å². The molecular weight excluding hydrogens is 252 g/mol. The van der Waals surface area contributed by atoms with Crippen molar-refractivity contribution in [1.82, 2.24) is 5.43 Å². The van der Waals surface area contributed by atoms with Gasteiger partial charge >= 0.3 is 12.0 Å². The Bertz CT molecular complexity index is 478. The number of carbonyl (C=O) groups is 2. The number of carbonyl (C=O) groups excluding carboxylic acids is 2. The van der Waals surface area contributed by atoms with Crippen LogP contribution in [0.15, 0.2) is 18.2 Å². The average molecular weight is 268 g/mol. The van der Waals surface area contributed by atoms with Gasteiger partial charge in [-0.05, 0) is 25.1 Å². The van der Waals surface area contributed by atoms with Crippen molar-refractivity contribution < 1.29 is 19.1 Å². The molecule has 0 radical (unpaired) electrons. The van der Waals surface area contributed by atoms with Crippen molar-refractivity contribution in [2.75, 3.05) is 18.7 Å². The number of hydrazine groups is 2. The maximum atomic E-state index is 11.8. The summed E-state index contributed by atoms with van der Waals surface area (Å²) in [5.41, 5.74) is 2.32. The molecular formula is C11H16N4O4. The molecule has 0 aliphatic carbocycles. The highest BCUT2D eigenvalue weighted by Gasteiger charge is 2.17. The summed E-state index contributed by atoms with van der Waals surface area (Å²) in [7, 11) is 1.42. The zero-order valence-corrected chi connectivity index (χ0v) is 10.7. The van der Waals surface area contributed by atoms with Crippen LogP contribution in [0.3, 0.4) is 0 Å². The standard InChI is InChI=1S/C11H16N4O4/c1-3-19-10(16)8-6-7(4-5-9(8)18-2)15(13)11(17)14-12/h4-6H,3,12-13H2,1-2H3,(H,14,17). The summed E-state index contributed by atoms with van der Waals surface area (Å²) < 4.78 is 9.94. The number of esters is 1. The third kappa shape index (κ3) is 3.33. The molecule has 0 aliphatic rings. The molecule has 0 atom stereocenters. The monoisotopic (exact) mass is 268 g/mol. The molecule has 1 aromatic rings. The zero-order chi connectivity index (χ0) is 14.4. The van der Waals surface area contributed by atoms with E-state index in [2.05, 4.69) is 0 Å². The van der Waals surface area contributed by atoms with Crippen LogP contribution in [0.2, 0.25) is 0 Å². The second-order valence-corrected chi connectivity index (χ2v) is 3.42. The Balaban J connectivity index is 3.14. The van der Waals surface area contributed by atoms with Gasteiger partial charge in [0, 0.05) is 0 Å². The number of nitrogens with one attached hydrogen (secondary N) is 1. The zero-order valence-electron chi connectivity index (χ0n) is 10.7. The predicted octanol–water partition coefficient (Wildman–Crippen LogP) is 0.135. The van der Waals surface area contributed by atoms with Crippen LogP contribution < -0.4 is 26.9 Å². The molecule has 0 heterocycles. The number of methoxy groups -OCH3 is 1. The lowest BCUT2D eigenvalue weighted by atomic mass is 10.1. The van der Waals surface area contributed by atoms with Crippen molar-refractivity contribution in [3.05, 3.63) is 23.8 Å². The quantitative estimate of drug-likeness (QED) is 0.309. The molecule has 1 aromatic carbocycles. The third-order valence-electron chi connectivity index (χ3n) is 2.30. The Morgan fingerprint density at radius 2 is 2.11 bits per heavy atom. The second-order valence-electron chi connectivity index (χ2n) is 3.42. The van der Waals surface area contributed by atoms with E-state index in [4.69, 9.17) is 21.2 Å². The van der Waals surface area contributed by atoms with E-state index in [0.717, 1.165) is 5.01 Å². The van der Waals surface area contributed by atoms with E-state index in [0.29, 0.717) is 5.75 Å². The summed E-state index contributed by atoms with van der Waals surface area (Å²) >= 11 is 0. The number of anilines is 1. The number of hydrogen-bond acceptors (Lipinski definition) is 6. The number of nitrogens with zero attached hydrogens (tertiary/aromatic N) is 1. The van der Waals surface area contributed by atoms with Gasteiger partial charge in [-0.25, -0.2) is 26.3 Å². The van der Waals surface area contributed by atoms with Crippen molar-refractivity contribution in [2.45, 2.75) is 6.92 Å². The van der Waals surface area contributed by atoms with Crippen molar-refractivity contribution in [2.24, 2.45) is 11.7 Å². The Labute approximate surface area is 110 Å². The Hall–Kier alpha value is -2.32. The average Bonchev–Trinajstić information content (AvgIpc) is 2.45. The van der Waals surface area contributed by atoms with E-state index >= 15 is 0 Å². The summed E-state index contributed by atoms with van der Waals surface area (Å²) in [6, 6.07) is 3.67. The van der Waals surface area contributed by atoms with E-state index in [1.54, 1.807) is 6.92 Å². The van der Waals surface area contributed by atoms with Crippen LogP contribution in [-0.4, -0.2) is 25.7 Å². The summed E-state index contributed by atoms with van der Waals surface area (Å²) in [4.78, 5) is 23.0. The van der Waals surface area contributed by atoms with E-state index in [1.807, 2.05) is 5.43 Å². The lowest BCUT2D eigenvalue weighted by Crippen LogP contribution is -2.47. The fourth-order valence-electron chi connectivity index (χ4n) is 1.40. The summed E-state index contributed by atoms with van der Waals surface area (Å²) in [5.74, 6) is 10.3. The number of amides is 2. The van der Waals surface area contributed by atoms with Gasteiger partial charge in [0.15, 0.2) is 0 Å². The highest BCUT2D eigenvalue weighted by molar-refractivity contribution is 5.96. The largest absolute Gasteiger partial charge is 0.496 e. The molecule has 0 saturated heterocycles. The van der Waals surface area contributed by atoms with Crippen LogP contribution in [0, 0.1) is 0 Å². The van der Waals surface area contributed by atoms with Gasteiger partial charge in [0.2, 0.25) is 0 Å². The Morgan fingerprint density at radius 3 is 2.63 bits per heavy atom. The van der Waals surface area contributed by atoms with Crippen molar-refractivity contribution >= 4 is 17.7 Å². The maximum absolute atomic E-state index is 11.8. The minimum Gasteiger partial charge on any atom is -0.496 e. The molecule has 5 N–H and O–H groups in total. The molecule has 0 unspecified atom stereocenters. The molecule has 0 fully saturated rings.